The standard InChI is InChI=1S/C22H30N2O2S/c1-14(22-11-15-8-16(12-22)10-17(9-15)13-22)23-20(25)18-4-2-6-24(18)21(26)19-5-3-7-27-19/h3,5,7,14-18H,2,4,6,8-13H2,1H3,(H,23,25). The predicted octanol–water partition coefficient (Wildman–Crippen LogP) is 4.07. The average molecular weight is 387 g/mol. The molecule has 1 aromatic heterocycles. The molecular weight excluding hydrogens is 356 g/mol. The Bertz CT molecular complexity index is 693. The van der Waals surface area contributed by atoms with Crippen molar-refractivity contribution in [1.29, 1.82) is 0 Å². The molecule has 6 rings (SSSR count). The molecule has 146 valence electrons. The Balaban J connectivity index is 1.28. The highest BCUT2D eigenvalue weighted by Gasteiger charge is 2.53. The maximum absolute atomic E-state index is 13.1. The van der Waals surface area contributed by atoms with Crippen LogP contribution in [0.15, 0.2) is 17.5 Å². The average Bonchev–Trinajstić information content (AvgIpc) is 3.32. The Morgan fingerprint density at radius 2 is 1.85 bits per heavy atom. The van der Waals surface area contributed by atoms with Crippen LogP contribution in [0.2, 0.25) is 0 Å². The number of rotatable bonds is 4. The number of carbonyl (C=O) groups excluding carboxylic acids is 2. The highest BCUT2D eigenvalue weighted by Crippen LogP contribution is 2.61. The Labute approximate surface area is 165 Å². The molecule has 2 atom stereocenters. The van der Waals surface area contributed by atoms with E-state index in [0.717, 1.165) is 35.5 Å². The number of carbonyl (C=O) groups is 2. The van der Waals surface area contributed by atoms with Gasteiger partial charge in [0.2, 0.25) is 5.91 Å². The Kier molecular flexibility index (Phi) is 4.34. The summed E-state index contributed by atoms with van der Waals surface area (Å²) >= 11 is 1.46. The molecule has 5 fully saturated rings. The van der Waals surface area contributed by atoms with Gasteiger partial charge in [0, 0.05) is 12.6 Å². The van der Waals surface area contributed by atoms with Crippen LogP contribution in [0.4, 0.5) is 0 Å². The second-order valence-electron chi connectivity index (χ2n) is 9.64. The van der Waals surface area contributed by atoms with Gasteiger partial charge in [-0.05, 0) is 92.9 Å². The summed E-state index contributed by atoms with van der Waals surface area (Å²) < 4.78 is 0. The smallest absolute Gasteiger partial charge is 0.264 e. The number of thiophene rings is 1. The van der Waals surface area contributed by atoms with Gasteiger partial charge in [0.05, 0.1) is 4.88 Å². The number of hydrogen-bond acceptors (Lipinski definition) is 3. The van der Waals surface area contributed by atoms with Crippen LogP contribution in [0.1, 0.15) is 68.0 Å². The summed E-state index contributed by atoms with van der Waals surface area (Å²) in [5.41, 5.74) is 0.311. The lowest BCUT2D eigenvalue weighted by Crippen LogP contribution is -2.58. The van der Waals surface area contributed by atoms with E-state index in [4.69, 9.17) is 0 Å². The van der Waals surface area contributed by atoms with E-state index in [2.05, 4.69) is 12.2 Å². The van der Waals surface area contributed by atoms with Crippen molar-refractivity contribution in [2.75, 3.05) is 6.54 Å². The zero-order chi connectivity index (χ0) is 18.6. The van der Waals surface area contributed by atoms with Crippen LogP contribution in [0.25, 0.3) is 0 Å². The van der Waals surface area contributed by atoms with Crippen molar-refractivity contribution in [3.8, 4) is 0 Å². The monoisotopic (exact) mass is 386 g/mol. The van der Waals surface area contributed by atoms with Crippen LogP contribution in [-0.4, -0.2) is 35.3 Å². The van der Waals surface area contributed by atoms with Crippen LogP contribution in [0.5, 0.6) is 0 Å². The molecule has 2 amide bonds. The summed E-state index contributed by atoms with van der Waals surface area (Å²) in [6.45, 7) is 2.92. The van der Waals surface area contributed by atoms with Crippen molar-refractivity contribution in [1.82, 2.24) is 10.2 Å². The molecule has 1 N–H and O–H groups in total. The van der Waals surface area contributed by atoms with E-state index in [9.17, 15) is 9.59 Å². The minimum Gasteiger partial charge on any atom is -0.351 e. The maximum atomic E-state index is 13.1. The van der Waals surface area contributed by atoms with Crippen molar-refractivity contribution in [3.05, 3.63) is 22.4 Å². The third-order valence-electron chi connectivity index (χ3n) is 7.91. The predicted molar refractivity (Wildman–Crippen MR) is 107 cm³/mol. The van der Waals surface area contributed by atoms with Crippen molar-refractivity contribution in [2.24, 2.45) is 23.2 Å². The number of nitrogens with zero attached hydrogens (tertiary/aromatic N) is 1. The van der Waals surface area contributed by atoms with E-state index in [1.54, 1.807) is 4.90 Å². The first kappa shape index (κ1) is 17.7. The molecule has 4 nitrogen and oxygen atoms in total. The van der Waals surface area contributed by atoms with Crippen molar-refractivity contribution < 1.29 is 9.59 Å². The van der Waals surface area contributed by atoms with Gasteiger partial charge in [-0.2, -0.15) is 0 Å². The number of hydrogen-bond donors (Lipinski definition) is 1. The molecule has 5 aliphatic rings. The summed E-state index contributed by atoms with van der Waals surface area (Å²) in [5.74, 6) is 2.75. The fourth-order valence-electron chi connectivity index (χ4n) is 6.99. The Morgan fingerprint density at radius 1 is 1.19 bits per heavy atom. The van der Waals surface area contributed by atoms with Crippen LogP contribution >= 0.6 is 11.3 Å². The lowest BCUT2D eigenvalue weighted by atomic mass is 9.48. The molecule has 0 spiro atoms. The minimum atomic E-state index is -0.295. The molecule has 2 unspecified atom stereocenters. The molecule has 2 heterocycles. The normalized spacial score (nSPS) is 38.2. The van der Waals surface area contributed by atoms with Gasteiger partial charge in [-0.3, -0.25) is 9.59 Å². The zero-order valence-corrected chi connectivity index (χ0v) is 17.0. The largest absolute Gasteiger partial charge is 0.351 e. The SMILES string of the molecule is CC(NC(=O)C1CCCN1C(=O)c1cccs1)C12CC3CC(CC(C3)C1)C2. The summed E-state index contributed by atoms with van der Waals surface area (Å²) in [4.78, 5) is 28.5. The van der Waals surface area contributed by atoms with Crippen molar-refractivity contribution >= 4 is 23.2 Å². The summed E-state index contributed by atoms with van der Waals surface area (Å²) in [6.07, 6.45) is 9.86. The number of likely N-dealkylation sites (tertiary alicyclic amines) is 1. The summed E-state index contributed by atoms with van der Waals surface area (Å²) in [7, 11) is 0. The number of nitrogens with one attached hydrogen (secondary N) is 1. The molecule has 4 bridgehead atoms. The van der Waals surface area contributed by atoms with Crippen molar-refractivity contribution in [2.45, 2.75) is 70.4 Å². The van der Waals surface area contributed by atoms with Gasteiger partial charge < -0.3 is 10.2 Å². The highest BCUT2D eigenvalue weighted by atomic mass is 32.1. The number of amides is 2. The van der Waals surface area contributed by atoms with Crippen molar-refractivity contribution in [3.63, 3.8) is 0 Å². The fourth-order valence-corrected chi connectivity index (χ4v) is 7.67. The third-order valence-corrected chi connectivity index (χ3v) is 8.77. The molecule has 0 aromatic carbocycles. The third kappa shape index (κ3) is 3.02. The molecule has 4 aliphatic carbocycles. The lowest BCUT2D eigenvalue weighted by molar-refractivity contribution is -0.129. The lowest BCUT2D eigenvalue weighted by Gasteiger charge is -2.59. The first-order chi connectivity index (χ1) is 13.0. The van der Waals surface area contributed by atoms with Crippen LogP contribution in [0, 0.1) is 23.2 Å². The molecule has 5 heteroatoms. The van der Waals surface area contributed by atoms with E-state index in [-0.39, 0.29) is 23.9 Å². The van der Waals surface area contributed by atoms with E-state index in [0.29, 0.717) is 12.0 Å². The van der Waals surface area contributed by atoms with Crippen LogP contribution in [-0.2, 0) is 4.79 Å². The van der Waals surface area contributed by atoms with Gasteiger partial charge in [-0.15, -0.1) is 11.3 Å². The zero-order valence-electron chi connectivity index (χ0n) is 16.2. The van der Waals surface area contributed by atoms with Gasteiger partial charge in [0.1, 0.15) is 6.04 Å². The van der Waals surface area contributed by atoms with Crippen LogP contribution in [0.3, 0.4) is 0 Å². The second-order valence-corrected chi connectivity index (χ2v) is 10.6. The Hall–Kier alpha value is -1.36. The highest BCUT2D eigenvalue weighted by molar-refractivity contribution is 7.12. The molecule has 27 heavy (non-hydrogen) atoms. The first-order valence-electron chi connectivity index (χ1n) is 10.7. The Morgan fingerprint density at radius 3 is 2.44 bits per heavy atom. The van der Waals surface area contributed by atoms with Gasteiger partial charge >= 0.3 is 0 Å². The van der Waals surface area contributed by atoms with Gasteiger partial charge in [0.15, 0.2) is 0 Å². The summed E-state index contributed by atoms with van der Waals surface area (Å²) in [6, 6.07) is 3.69. The minimum absolute atomic E-state index is 0.0186. The van der Waals surface area contributed by atoms with E-state index >= 15 is 0 Å². The summed E-state index contributed by atoms with van der Waals surface area (Å²) in [5, 5.41) is 5.30. The van der Waals surface area contributed by atoms with Gasteiger partial charge in [0.25, 0.3) is 5.91 Å². The molecular formula is C22H30N2O2S. The molecule has 4 saturated carbocycles. The topological polar surface area (TPSA) is 49.4 Å². The molecule has 1 saturated heterocycles. The van der Waals surface area contributed by atoms with E-state index in [1.807, 2.05) is 17.5 Å². The van der Waals surface area contributed by atoms with Crippen LogP contribution < -0.4 is 5.32 Å². The second kappa shape index (κ2) is 6.61. The van der Waals surface area contributed by atoms with Gasteiger partial charge in [-0.1, -0.05) is 6.07 Å². The van der Waals surface area contributed by atoms with E-state index in [1.165, 1.54) is 49.9 Å². The maximum Gasteiger partial charge on any atom is 0.264 e. The molecule has 0 radical (unpaired) electrons. The molecule has 1 aliphatic heterocycles. The van der Waals surface area contributed by atoms with E-state index < -0.39 is 0 Å². The first-order valence-corrected chi connectivity index (χ1v) is 11.6. The molecule has 1 aromatic rings. The quantitative estimate of drug-likeness (QED) is 0.848. The van der Waals surface area contributed by atoms with Gasteiger partial charge in [-0.25, -0.2) is 0 Å². The fraction of sp³-hybridized carbons (Fsp3) is 0.727.